The molecule has 0 saturated carbocycles. The van der Waals surface area contributed by atoms with Crippen LogP contribution in [0.1, 0.15) is 17.1 Å². The summed E-state index contributed by atoms with van der Waals surface area (Å²) in [4.78, 5) is 46.0. The van der Waals surface area contributed by atoms with Gasteiger partial charge >= 0.3 is 6.09 Å². The molecule has 2 amide bonds. The fourth-order valence-corrected chi connectivity index (χ4v) is 2.94. The van der Waals surface area contributed by atoms with E-state index in [2.05, 4.69) is 9.97 Å². The summed E-state index contributed by atoms with van der Waals surface area (Å²) in [5, 5.41) is 0. The minimum absolute atomic E-state index is 0.0238. The monoisotopic (exact) mass is 306 g/mol. The van der Waals surface area contributed by atoms with Gasteiger partial charge in [-0.3, -0.25) is 14.5 Å². The molecule has 2 aliphatic heterocycles. The summed E-state index contributed by atoms with van der Waals surface area (Å²) < 4.78 is 4.98. The van der Waals surface area contributed by atoms with Gasteiger partial charge in [-0.15, -0.1) is 0 Å². The van der Waals surface area contributed by atoms with Crippen molar-refractivity contribution in [3.8, 4) is 0 Å². The van der Waals surface area contributed by atoms with Crippen molar-refractivity contribution in [2.75, 3.05) is 26.2 Å². The second-order valence-corrected chi connectivity index (χ2v) is 5.66. The summed E-state index contributed by atoms with van der Waals surface area (Å²) in [6, 6.07) is -0.0827. The molecule has 0 radical (unpaired) electrons. The number of carbonyl (C=O) groups excluding carboxylic acids is 2. The zero-order chi connectivity index (χ0) is 15.9. The van der Waals surface area contributed by atoms with Gasteiger partial charge in [-0.2, -0.15) is 0 Å². The Morgan fingerprint density at radius 3 is 2.86 bits per heavy atom. The van der Waals surface area contributed by atoms with Crippen molar-refractivity contribution in [2.45, 2.75) is 26.3 Å². The molecule has 2 aliphatic rings. The Morgan fingerprint density at radius 1 is 1.36 bits per heavy atom. The van der Waals surface area contributed by atoms with E-state index in [0.29, 0.717) is 43.3 Å². The molecule has 2 fully saturated rings. The average Bonchev–Trinajstić information content (AvgIpc) is 2.83. The molecule has 118 valence electrons. The van der Waals surface area contributed by atoms with Crippen LogP contribution in [-0.4, -0.2) is 64.1 Å². The minimum atomic E-state index is -0.313. The third kappa shape index (κ3) is 2.56. The smallest absolute Gasteiger partial charge is 0.410 e. The molecule has 0 spiro atoms. The molecule has 1 aromatic heterocycles. The number of rotatable bonds is 2. The molecule has 0 unspecified atom stereocenters. The molecule has 1 aromatic rings. The van der Waals surface area contributed by atoms with Gasteiger partial charge in [0.1, 0.15) is 12.4 Å². The maximum absolute atomic E-state index is 12.4. The predicted octanol–water partition coefficient (Wildman–Crippen LogP) is -0.408. The van der Waals surface area contributed by atoms with Crippen LogP contribution in [0, 0.1) is 13.8 Å². The number of cyclic esters (lactones) is 1. The number of aromatic nitrogens is 2. The van der Waals surface area contributed by atoms with Crippen LogP contribution < -0.4 is 5.56 Å². The summed E-state index contributed by atoms with van der Waals surface area (Å²) in [6.07, 6.45) is -0.289. The highest BCUT2D eigenvalue weighted by molar-refractivity contribution is 5.79. The van der Waals surface area contributed by atoms with Gasteiger partial charge in [0.05, 0.1) is 12.5 Å². The van der Waals surface area contributed by atoms with Crippen molar-refractivity contribution in [1.82, 2.24) is 19.8 Å². The van der Waals surface area contributed by atoms with Crippen LogP contribution >= 0.6 is 0 Å². The van der Waals surface area contributed by atoms with Crippen LogP contribution in [0.3, 0.4) is 0 Å². The topological polar surface area (TPSA) is 95.6 Å². The zero-order valence-corrected chi connectivity index (χ0v) is 12.6. The molecule has 1 atom stereocenters. The Kier molecular flexibility index (Phi) is 3.59. The molecule has 3 rings (SSSR count). The number of aryl methyl sites for hydroxylation is 2. The lowest BCUT2D eigenvalue weighted by Gasteiger charge is -2.35. The standard InChI is InChI=1S/C14H18N4O4/c1-8-11(13(20)16-9(2)15-8)5-12(19)17-3-4-18-10(6-17)7-22-14(18)21/h10H,3-7H2,1-2H3,(H,15,16,20)/t10-/m1/s1. The van der Waals surface area contributed by atoms with Crippen molar-refractivity contribution in [3.63, 3.8) is 0 Å². The molecule has 1 N–H and O–H groups in total. The quantitative estimate of drug-likeness (QED) is 0.801. The third-order valence-corrected chi connectivity index (χ3v) is 4.14. The first-order valence-electron chi connectivity index (χ1n) is 7.23. The summed E-state index contributed by atoms with van der Waals surface area (Å²) in [6.45, 7) is 5.12. The van der Waals surface area contributed by atoms with Gasteiger partial charge in [-0.1, -0.05) is 0 Å². The fourth-order valence-electron chi connectivity index (χ4n) is 2.94. The number of amides is 2. The normalized spacial score (nSPS) is 20.8. The summed E-state index contributed by atoms with van der Waals surface area (Å²) in [5.74, 6) is 0.409. The van der Waals surface area contributed by atoms with Crippen LogP contribution in [-0.2, 0) is 16.0 Å². The second-order valence-electron chi connectivity index (χ2n) is 5.66. The Bertz CT molecular complexity index is 684. The third-order valence-electron chi connectivity index (χ3n) is 4.14. The number of hydrogen-bond acceptors (Lipinski definition) is 5. The first kappa shape index (κ1) is 14.6. The molecule has 8 heteroatoms. The van der Waals surface area contributed by atoms with Crippen LogP contribution in [0.15, 0.2) is 4.79 Å². The molecule has 0 aromatic carbocycles. The van der Waals surface area contributed by atoms with E-state index >= 15 is 0 Å². The summed E-state index contributed by atoms with van der Waals surface area (Å²) in [5.41, 5.74) is 0.709. The maximum Gasteiger partial charge on any atom is 0.410 e. The van der Waals surface area contributed by atoms with Gasteiger partial charge in [0.25, 0.3) is 5.56 Å². The van der Waals surface area contributed by atoms with Crippen molar-refractivity contribution in [1.29, 1.82) is 0 Å². The van der Waals surface area contributed by atoms with Crippen molar-refractivity contribution < 1.29 is 14.3 Å². The van der Waals surface area contributed by atoms with Crippen LogP contribution in [0.25, 0.3) is 0 Å². The van der Waals surface area contributed by atoms with Gasteiger partial charge in [0.15, 0.2) is 0 Å². The first-order valence-corrected chi connectivity index (χ1v) is 7.23. The number of hydrogen-bond donors (Lipinski definition) is 1. The Hall–Kier alpha value is -2.38. The lowest BCUT2D eigenvalue weighted by atomic mass is 10.1. The van der Waals surface area contributed by atoms with E-state index in [4.69, 9.17) is 4.74 Å². The maximum atomic E-state index is 12.4. The van der Waals surface area contributed by atoms with Crippen molar-refractivity contribution in [3.05, 3.63) is 27.4 Å². The molecule has 8 nitrogen and oxygen atoms in total. The number of carbonyl (C=O) groups is 2. The molecule has 0 bridgehead atoms. The van der Waals surface area contributed by atoms with Crippen molar-refractivity contribution >= 4 is 12.0 Å². The fraction of sp³-hybridized carbons (Fsp3) is 0.571. The Morgan fingerprint density at radius 2 is 2.14 bits per heavy atom. The SMILES string of the molecule is Cc1nc(C)c(CC(=O)N2CCN3C(=O)OC[C@H]3C2)c(=O)[nH]1. The summed E-state index contributed by atoms with van der Waals surface area (Å²) >= 11 is 0. The van der Waals surface area contributed by atoms with Crippen molar-refractivity contribution in [2.24, 2.45) is 0 Å². The van der Waals surface area contributed by atoms with E-state index in [1.165, 1.54) is 0 Å². The van der Waals surface area contributed by atoms with Crippen LogP contribution in [0.4, 0.5) is 4.79 Å². The minimum Gasteiger partial charge on any atom is -0.447 e. The number of fused-ring (bicyclic) bond motifs is 1. The average molecular weight is 306 g/mol. The number of H-pyrrole nitrogens is 1. The highest BCUT2D eigenvalue weighted by Gasteiger charge is 2.38. The molecule has 2 saturated heterocycles. The second kappa shape index (κ2) is 5.43. The van der Waals surface area contributed by atoms with Crippen LogP contribution in [0.2, 0.25) is 0 Å². The van der Waals surface area contributed by atoms with E-state index < -0.39 is 0 Å². The largest absolute Gasteiger partial charge is 0.447 e. The van der Waals surface area contributed by atoms with E-state index in [1.54, 1.807) is 23.6 Å². The van der Waals surface area contributed by atoms with Gasteiger partial charge < -0.3 is 14.6 Å². The molecular formula is C14H18N4O4. The number of ether oxygens (including phenoxy) is 1. The van der Waals surface area contributed by atoms with Gasteiger partial charge in [0.2, 0.25) is 5.91 Å². The first-order chi connectivity index (χ1) is 10.5. The van der Waals surface area contributed by atoms with Crippen LogP contribution in [0.5, 0.6) is 0 Å². The Labute approximate surface area is 127 Å². The summed E-state index contributed by atoms with van der Waals surface area (Å²) in [7, 11) is 0. The Balaban J connectivity index is 1.71. The van der Waals surface area contributed by atoms with E-state index in [-0.39, 0.29) is 30.0 Å². The predicted molar refractivity (Wildman–Crippen MR) is 76.5 cm³/mol. The van der Waals surface area contributed by atoms with E-state index in [1.807, 2.05) is 0 Å². The molecular weight excluding hydrogens is 288 g/mol. The van der Waals surface area contributed by atoms with Gasteiger partial charge in [-0.25, -0.2) is 9.78 Å². The number of nitrogens with zero attached hydrogens (tertiary/aromatic N) is 3. The molecule has 0 aliphatic carbocycles. The molecule has 3 heterocycles. The lowest BCUT2D eigenvalue weighted by molar-refractivity contribution is -0.132. The van der Waals surface area contributed by atoms with Gasteiger partial charge in [0, 0.05) is 30.9 Å². The number of aromatic amines is 1. The highest BCUT2D eigenvalue weighted by Crippen LogP contribution is 2.18. The zero-order valence-electron chi connectivity index (χ0n) is 12.6. The number of piperazine rings is 1. The van der Waals surface area contributed by atoms with E-state index in [9.17, 15) is 14.4 Å². The molecule has 22 heavy (non-hydrogen) atoms. The number of nitrogens with one attached hydrogen (secondary N) is 1. The highest BCUT2D eigenvalue weighted by atomic mass is 16.6. The van der Waals surface area contributed by atoms with Gasteiger partial charge in [-0.05, 0) is 13.8 Å². The van der Waals surface area contributed by atoms with E-state index in [0.717, 1.165) is 0 Å². The lowest BCUT2D eigenvalue weighted by Crippen LogP contribution is -2.54.